The number of hydrogen-bond donors (Lipinski definition) is 1. The van der Waals surface area contributed by atoms with Crippen LogP contribution in [-0.4, -0.2) is 33.7 Å². The average molecular weight is 257 g/mol. The third-order valence-electron chi connectivity index (χ3n) is 2.30. The molecular weight excluding hydrogens is 244 g/mol. The molecule has 0 radical (unpaired) electrons. The van der Waals surface area contributed by atoms with E-state index in [4.69, 9.17) is 0 Å². The van der Waals surface area contributed by atoms with Crippen molar-refractivity contribution in [1.82, 2.24) is 9.88 Å². The van der Waals surface area contributed by atoms with E-state index in [1.54, 1.807) is 6.20 Å². The highest BCUT2D eigenvalue weighted by atomic mass is 79.9. The van der Waals surface area contributed by atoms with Crippen LogP contribution in [0.25, 0.3) is 0 Å². The van der Waals surface area contributed by atoms with Crippen molar-refractivity contribution in [2.24, 2.45) is 0 Å². The van der Waals surface area contributed by atoms with Gasteiger partial charge in [-0.2, -0.15) is 0 Å². The normalized spacial score (nSPS) is 20.5. The lowest BCUT2D eigenvalue weighted by Gasteiger charge is -2.44. The SMILES string of the molecule is CC1(O)CN(Cc2cncc(Br)c2)C1. The van der Waals surface area contributed by atoms with Crippen molar-refractivity contribution < 1.29 is 5.11 Å². The molecule has 1 saturated heterocycles. The maximum Gasteiger partial charge on any atom is 0.0872 e. The van der Waals surface area contributed by atoms with Crippen LogP contribution in [0.3, 0.4) is 0 Å². The van der Waals surface area contributed by atoms with Gasteiger partial charge in [-0.1, -0.05) is 0 Å². The third kappa shape index (κ3) is 2.32. The quantitative estimate of drug-likeness (QED) is 0.870. The molecule has 0 unspecified atom stereocenters. The molecule has 0 aromatic carbocycles. The zero-order chi connectivity index (χ0) is 10.2. The van der Waals surface area contributed by atoms with Gasteiger partial charge in [-0.25, -0.2) is 0 Å². The lowest BCUT2D eigenvalue weighted by atomic mass is 9.96. The Morgan fingerprint density at radius 1 is 1.57 bits per heavy atom. The summed E-state index contributed by atoms with van der Waals surface area (Å²) in [7, 11) is 0. The second kappa shape index (κ2) is 3.61. The van der Waals surface area contributed by atoms with Gasteiger partial charge in [0.2, 0.25) is 0 Å². The molecule has 3 nitrogen and oxygen atoms in total. The van der Waals surface area contributed by atoms with Crippen LogP contribution in [-0.2, 0) is 6.54 Å². The minimum Gasteiger partial charge on any atom is -0.388 e. The topological polar surface area (TPSA) is 36.4 Å². The second-order valence-electron chi connectivity index (χ2n) is 4.15. The predicted octanol–water partition coefficient (Wildman–Crippen LogP) is 1.41. The van der Waals surface area contributed by atoms with Crippen molar-refractivity contribution in [3.05, 3.63) is 28.5 Å². The highest BCUT2D eigenvalue weighted by Gasteiger charge is 2.35. The molecule has 0 saturated carbocycles. The molecule has 14 heavy (non-hydrogen) atoms. The molecule has 2 heterocycles. The summed E-state index contributed by atoms with van der Waals surface area (Å²) in [4.78, 5) is 6.29. The van der Waals surface area contributed by atoms with Crippen LogP contribution in [0.4, 0.5) is 0 Å². The first kappa shape index (κ1) is 10.1. The molecule has 1 fully saturated rings. The van der Waals surface area contributed by atoms with Crippen molar-refractivity contribution in [1.29, 1.82) is 0 Å². The molecule has 0 amide bonds. The standard InChI is InChI=1S/C10H13BrN2O/c1-10(14)6-13(7-10)5-8-2-9(11)4-12-3-8/h2-4,14H,5-7H2,1H3. The number of likely N-dealkylation sites (tertiary alicyclic amines) is 1. The number of nitrogens with zero attached hydrogens (tertiary/aromatic N) is 2. The van der Waals surface area contributed by atoms with E-state index in [1.807, 2.05) is 13.1 Å². The molecule has 2 rings (SSSR count). The fourth-order valence-corrected chi connectivity index (χ4v) is 2.24. The summed E-state index contributed by atoms with van der Waals surface area (Å²) in [6.07, 6.45) is 3.63. The summed E-state index contributed by atoms with van der Waals surface area (Å²) >= 11 is 3.38. The first-order valence-electron chi connectivity index (χ1n) is 4.59. The summed E-state index contributed by atoms with van der Waals surface area (Å²) in [6, 6.07) is 2.06. The fraction of sp³-hybridized carbons (Fsp3) is 0.500. The number of halogens is 1. The number of rotatable bonds is 2. The molecule has 76 valence electrons. The lowest BCUT2D eigenvalue weighted by molar-refractivity contribution is -0.0871. The average Bonchev–Trinajstić information content (AvgIpc) is 2.00. The second-order valence-corrected chi connectivity index (χ2v) is 5.07. The summed E-state index contributed by atoms with van der Waals surface area (Å²) in [5.74, 6) is 0. The van der Waals surface area contributed by atoms with E-state index in [1.165, 1.54) is 5.56 Å². The monoisotopic (exact) mass is 256 g/mol. The maximum atomic E-state index is 9.55. The van der Waals surface area contributed by atoms with Gasteiger partial charge in [-0.05, 0) is 34.5 Å². The molecule has 1 N–H and O–H groups in total. The van der Waals surface area contributed by atoms with Crippen molar-refractivity contribution >= 4 is 15.9 Å². The van der Waals surface area contributed by atoms with Crippen LogP contribution >= 0.6 is 15.9 Å². The van der Waals surface area contributed by atoms with Crippen LogP contribution in [0.15, 0.2) is 22.9 Å². The molecule has 1 aromatic heterocycles. The van der Waals surface area contributed by atoms with E-state index >= 15 is 0 Å². The van der Waals surface area contributed by atoms with Gasteiger partial charge in [0.25, 0.3) is 0 Å². The highest BCUT2D eigenvalue weighted by Crippen LogP contribution is 2.22. The Labute approximate surface area is 91.9 Å². The Bertz CT molecular complexity index is 333. The first-order chi connectivity index (χ1) is 6.55. The van der Waals surface area contributed by atoms with Crippen LogP contribution in [0, 0.1) is 0 Å². The molecule has 0 bridgehead atoms. The van der Waals surface area contributed by atoms with Gasteiger partial charge in [0, 0.05) is 36.5 Å². The van der Waals surface area contributed by atoms with Gasteiger partial charge in [-0.15, -0.1) is 0 Å². The van der Waals surface area contributed by atoms with E-state index in [0.29, 0.717) is 0 Å². The number of aliphatic hydroxyl groups is 1. The van der Waals surface area contributed by atoms with Gasteiger partial charge in [0.15, 0.2) is 0 Å². The molecule has 1 aliphatic heterocycles. The highest BCUT2D eigenvalue weighted by molar-refractivity contribution is 9.10. The van der Waals surface area contributed by atoms with E-state index < -0.39 is 5.60 Å². The van der Waals surface area contributed by atoms with Crippen LogP contribution in [0.2, 0.25) is 0 Å². The van der Waals surface area contributed by atoms with Gasteiger partial charge in [0.05, 0.1) is 5.60 Å². The number of pyridine rings is 1. The molecule has 0 spiro atoms. The smallest absolute Gasteiger partial charge is 0.0872 e. The Kier molecular flexibility index (Phi) is 2.60. The van der Waals surface area contributed by atoms with Crippen molar-refractivity contribution in [3.63, 3.8) is 0 Å². The van der Waals surface area contributed by atoms with Crippen LogP contribution in [0.1, 0.15) is 12.5 Å². The Balaban J connectivity index is 1.93. The number of hydrogen-bond acceptors (Lipinski definition) is 3. The van der Waals surface area contributed by atoms with Gasteiger partial charge in [0.1, 0.15) is 0 Å². The predicted molar refractivity (Wildman–Crippen MR) is 57.8 cm³/mol. The largest absolute Gasteiger partial charge is 0.388 e. The summed E-state index contributed by atoms with van der Waals surface area (Å²) in [6.45, 7) is 4.23. The molecule has 0 atom stereocenters. The summed E-state index contributed by atoms with van der Waals surface area (Å²) in [5.41, 5.74) is 0.689. The number of β-amino-alcohol motifs (C(OH)–C–C–N with tert-alkyl or cyclic N) is 1. The number of aromatic nitrogens is 1. The van der Waals surface area contributed by atoms with Crippen molar-refractivity contribution in [2.75, 3.05) is 13.1 Å². The summed E-state index contributed by atoms with van der Waals surface area (Å²) < 4.78 is 1.00. The lowest BCUT2D eigenvalue weighted by Crippen LogP contribution is -2.59. The molecule has 4 heteroatoms. The van der Waals surface area contributed by atoms with E-state index in [-0.39, 0.29) is 0 Å². The van der Waals surface area contributed by atoms with E-state index in [2.05, 4.69) is 31.9 Å². The third-order valence-corrected chi connectivity index (χ3v) is 2.73. The maximum absolute atomic E-state index is 9.55. The van der Waals surface area contributed by atoms with Crippen LogP contribution in [0.5, 0.6) is 0 Å². The van der Waals surface area contributed by atoms with Crippen molar-refractivity contribution in [3.8, 4) is 0 Å². The Morgan fingerprint density at radius 2 is 2.29 bits per heavy atom. The van der Waals surface area contributed by atoms with Gasteiger partial charge < -0.3 is 5.11 Å². The first-order valence-corrected chi connectivity index (χ1v) is 5.39. The van der Waals surface area contributed by atoms with E-state index in [0.717, 1.165) is 24.1 Å². The molecule has 1 aromatic rings. The van der Waals surface area contributed by atoms with Gasteiger partial charge >= 0.3 is 0 Å². The zero-order valence-electron chi connectivity index (χ0n) is 8.07. The zero-order valence-corrected chi connectivity index (χ0v) is 9.66. The molecule has 0 aliphatic carbocycles. The van der Waals surface area contributed by atoms with Gasteiger partial charge in [-0.3, -0.25) is 9.88 Å². The Hall–Kier alpha value is -0.450. The Morgan fingerprint density at radius 3 is 2.86 bits per heavy atom. The molecule has 1 aliphatic rings. The van der Waals surface area contributed by atoms with E-state index in [9.17, 15) is 5.11 Å². The van der Waals surface area contributed by atoms with Crippen LogP contribution < -0.4 is 0 Å². The van der Waals surface area contributed by atoms with Crippen molar-refractivity contribution in [2.45, 2.75) is 19.1 Å². The fourth-order valence-electron chi connectivity index (χ4n) is 1.83. The summed E-state index contributed by atoms with van der Waals surface area (Å²) in [5, 5.41) is 9.55. The minimum atomic E-state index is -0.487. The molecular formula is C10H13BrN2O. The minimum absolute atomic E-state index is 0.487.